The lowest BCUT2D eigenvalue weighted by Crippen LogP contribution is -2.45. The topological polar surface area (TPSA) is 67.4 Å². The molecule has 0 fully saturated rings. The number of anilines is 2. The van der Waals surface area contributed by atoms with Gasteiger partial charge in [-0.05, 0) is 50.2 Å². The number of carbonyl (C=O) groups is 2. The van der Waals surface area contributed by atoms with Gasteiger partial charge in [0.25, 0.3) is 11.8 Å². The molecule has 160 valence electrons. The first kappa shape index (κ1) is 21.5. The van der Waals surface area contributed by atoms with E-state index in [1.807, 2.05) is 0 Å². The van der Waals surface area contributed by atoms with Gasteiger partial charge < -0.3 is 15.4 Å². The molecule has 0 aromatic heterocycles. The monoisotopic (exact) mass is 432 g/mol. The van der Waals surface area contributed by atoms with Crippen LogP contribution in [0.1, 0.15) is 35.3 Å². The molecule has 0 saturated carbocycles. The number of ether oxygens (including phenoxy) is 1. The lowest BCUT2D eigenvalue weighted by atomic mass is 10.0. The van der Waals surface area contributed by atoms with E-state index in [-0.39, 0.29) is 23.2 Å². The summed E-state index contributed by atoms with van der Waals surface area (Å²) in [6.07, 6.45) is -10.1. The van der Waals surface area contributed by atoms with Crippen LogP contribution >= 0.6 is 0 Å². The van der Waals surface area contributed by atoms with Gasteiger partial charge in [-0.1, -0.05) is 0 Å². The average molecular weight is 432 g/mol. The van der Waals surface area contributed by atoms with Crippen LogP contribution in [-0.4, -0.2) is 17.4 Å². The Morgan fingerprint density at radius 3 is 2.07 bits per heavy atom. The molecule has 1 aliphatic heterocycles. The fourth-order valence-corrected chi connectivity index (χ4v) is 2.68. The Bertz CT molecular complexity index is 996. The van der Waals surface area contributed by atoms with Crippen molar-refractivity contribution >= 4 is 23.2 Å². The van der Waals surface area contributed by atoms with E-state index in [1.165, 1.54) is 32.0 Å². The smallest absolute Gasteiger partial charge is 0.416 e. The molecule has 0 saturated heterocycles. The third kappa shape index (κ3) is 4.34. The van der Waals surface area contributed by atoms with E-state index >= 15 is 0 Å². The zero-order valence-electron chi connectivity index (χ0n) is 15.5. The first-order valence-corrected chi connectivity index (χ1v) is 8.42. The zero-order chi connectivity index (χ0) is 22.5. The molecule has 0 aliphatic carbocycles. The predicted octanol–water partition coefficient (Wildman–Crippen LogP) is 5.09. The zero-order valence-corrected chi connectivity index (χ0v) is 15.5. The van der Waals surface area contributed by atoms with Crippen LogP contribution in [0.5, 0.6) is 5.75 Å². The number of amides is 2. The first-order chi connectivity index (χ1) is 13.7. The SMILES string of the molecule is CC1(C)Oc2ccc(NC(=O)c3cc(C(F)(F)F)cc(C(F)(F)F)c3)cc2NC1=O. The highest BCUT2D eigenvalue weighted by Crippen LogP contribution is 2.37. The summed E-state index contributed by atoms with van der Waals surface area (Å²) in [5.41, 5.74) is -4.93. The molecule has 3 rings (SSSR count). The van der Waals surface area contributed by atoms with Crippen molar-refractivity contribution < 1.29 is 40.7 Å². The van der Waals surface area contributed by atoms with Crippen LogP contribution in [0.3, 0.4) is 0 Å². The second kappa shape index (κ2) is 6.92. The molecule has 2 amide bonds. The van der Waals surface area contributed by atoms with Crippen LogP contribution in [0, 0.1) is 0 Å². The minimum atomic E-state index is -5.07. The first-order valence-electron chi connectivity index (χ1n) is 8.42. The number of alkyl halides is 6. The summed E-state index contributed by atoms with van der Waals surface area (Å²) in [4.78, 5) is 24.3. The van der Waals surface area contributed by atoms with E-state index in [1.54, 1.807) is 0 Å². The van der Waals surface area contributed by atoms with Crippen molar-refractivity contribution in [2.75, 3.05) is 10.6 Å². The van der Waals surface area contributed by atoms with Crippen molar-refractivity contribution in [2.24, 2.45) is 0 Å². The van der Waals surface area contributed by atoms with Gasteiger partial charge in [-0.25, -0.2) is 0 Å². The van der Waals surface area contributed by atoms with Crippen LogP contribution in [0.4, 0.5) is 37.7 Å². The summed E-state index contributed by atoms with van der Waals surface area (Å²) in [5, 5.41) is 4.77. The van der Waals surface area contributed by atoms with Crippen molar-refractivity contribution in [2.45, 2.75) is 31.8 Å². The van der Waals surface area contributed by atoms with Crippen LogP contribution < -0.4 is 15.4 Å². The standard InChI is InChI=1S/C19H14F6N2O3/c1-17(2)16(29)27-13-8-12(3-4-14(13)30-17)26-15(28)9-5-10(18(20,21)22)7-11(6-9)19(23,24)25/h3-8H,1-2H3,(H,26,28)(H,27,29). The number of hydrogen-bond acceptors (Lipinski definition) is 3. The fourth-order valence-electron chi connectivity index (χ4n) is 2.68. The van der Waals surface area contributed by atoms with Crippen molar-refractivity contribution in [3.05, 3.63) is 53.1 Å². The molecule has 0 atom stereocenters. The Hall–Kier alpha value is -3.24. The number of benzene rings is 2. The molecule has 1 aliphatic rings. The van der Waals surface area contributed by atoms with Gasteiger partial charge in [0.05, 0.1) is 16.8 Å². The molecule has 1 heterocycles. The average Bonchev–Trinajstić information content (AvgIpc) is 2.61. The Morgan fingerprint density at radius 2 is 1.53 bits per heavy atom. The van der Waals surface area contributed by atoms with E-state index in [9.17, 15) is 35.9 Å². The minimum absolute atomic E-state index is 0.0355. The van der Waals surface area contributed by atoms with Crippen molar-refractivity contribution in [1.29, 1.82) is 0 Å². The van der Waals surface area contributed by atoms with Crippen LogP contribution in [-0.2, 0) is 17.1 Å². The second-order valence-corrected chi connectivity index (χ2v) is 7.03. The third-order valence-electron chi connectivity index (χ3n) is 4.25. The molecule has 0 bridgehead atoms. The summed E-state index contributed by atoms with van der Waals surface area (Å²) >= 11 is 0. The number of nitrogens with one attached hydrogen (secondary N) is 2. The van der Waals surface area contributed by atoms with Gasteiger partial charge in [-0.3, -0.25) is 9.59 Å². The molecule has 0 spiro atoms. The highest BCUT2D eigenvalue weighted by Gasteiger charge is 2.38. The molecule has 2 N–H and O–H groups in total. The Labute approximate surface area is 166 Å². The number of halogens is 6. The maximum absolute atomic E-state index is 13.0. The molecular weight excluding hydrogens is 418 g/mol. The lowest BCUT2D eigenvalue weighted by molar-refractivity contribution is -0.143. The quantitative estimate of drug-likeness (QED) is 0.650. The molecular formula is C19H14F6N2O3. The maximum atomic E-state index is 13.0. The number of fused-ring (bicyclic) bond motifs is 1. The summed E-state index contributed by atoms with van der Waals surface area (Å²) in [6.45, 7) is 3.07. The Kier molecular flexibility index (Phi) is 4.95. The van der Waals surface area contributed by atoms with Crippen molar-refractivity contribution in [1.82, 2.24) is 0 Å². The summed E-state index contributed by atoms with van der Waals surface area (Å²) in [5.74, 6) is -1.36. The van der Waals surface area contributed by atoms with Crippen molar-refractivity contribution in [3.63, 3.8) is 0 Å². The lowest BCUT2D eigenvalue weighted by Gasteiger charge is -2.31. The molecule has 2 aromatic carbocycles. The highest BCUT2D eigenvalue weighted by atomic mass is 19.4. The van der Waals surface area contributed by atoms with Gasteiger partial charge in [0, 0.05) is 11.3 Å². The summed E-state index contributed by atoms with van der Waals surface area (Å²) < 4.78 is 83.3. The fraction of sp³-hybridized carbons (Fsp3) is 0.263. The van der Waals surface area contributed by atoms with Crippen LogP contribution in [0.25, 0.3) is 0 Å². The van der Waals surface area contributed by atoms with Crippen molar-refractivity contribution in [3.8, 4) is 5.75 Å². The number of rotatable bonds is 2. The molecule has 5 nitrogen and oxygen atoms in total. The van der Waals surface area contributed by atoms with E-state index in [2.05, 4.69) is 10.6 Å². The van der Waals surface area contributed by atoms with Gasteiger partial charge in [0.15, 0.2) is 5.60 Å². The van der Waals surface area contributed by atoms with Gasteiger partial charge >= 0.3 is 12.4 Å². The van der Waals surface area contributed by atoms with Gasteiger partial charge in [-0.2, -0.15) is 26.3 Å². The maximum Gasteiger partial charge on any atom is 0.416 e. The molecule has 0 radical (unpaired) electrons. The minimum Gasteiger partial charge on any atom is -0.476 e. The largest absolute Gasteiger partial charge is 0.476 e. The van der Waals surface area contributed by atoms with Crippen LogP contribution in [0.2, 0.25) is 0 Å². The molecule has 0 unspecified atom stereocenters. The summed E-state index contributed by atoms with van der Waals surface area (Å²) in [7, 11) is 0. The molecule has 2 aromatic rings. The number of carbonyl (C=O) groups excluding carboxylic acids is 2. The Morgan fingerprint density at radius 1 is 0.967 bits per heavy atom. The molecule has 30 heavy (non-hydrogen) atoms. The Balaban J connectivity index is 1.91. The predicted molar refractivity (Wildman–Crippen MR) is 94.2 cm³/mol. The van der Waals surface area contributed by atoms with Gasteiger partial charge in [0.2, 0.25) is 0 Å². The van der Waals surface area contributed by atoms with Crippen LogP contribution in [0.15, 0.2) is 36.4 Å². The van der Waals surface area contributed by atoms with E-state index in [0.29, 0.717) is 12.1 Å². The van der Waals surface area contributed by atoms with E-state index in [0.717, 1.165) is 0 Å². The third-order valence-corrected chi connectivity index (χ3v) is 4.25. The number of hydrogen-bond donors (Lipinski definition) is 2. The van der Waals surface area contributed by atoms with Gasteiger partial charge in [0.1, 0.15) is 5.75 Å². The van der Waals surface area contributed by atoms with E-state index in [4.69, 9.17) is 4.74 Å². The highest BCUT2D eigenvalue weighted by molar-refractivity contribution is 6.06. The second-order valence-electron chi connectivity index (χ2n) is 7.03. The summed E-state index contributed by atoms with van der Waals surface area (Å²) in [6, 6.07) is 4.61. The van der Waals surface area contributed by atoms with E-state index < -0.39 is 46.5 Å². The normalized spacial score (nSPS) is 15.7. The molecule has 11 heteroatoms. The van der Waals surface area contributed by atoms with Gasteiger partial charge in [-0.15, -0.1) is 0 Å².